The maximum Gasteiger partial charge on any atom is 0.331 e. The number of hydrogen-bond donors (Lipinski definition) is 1. The molecule has 1 atom stereocenters. The van der Waals surface area contributed by atoms with Gasteiger partial charge in [-0.05, 0) is 19.4 Å². The van der Waals surface area contributed by atoms with Crippen molar-refractivity contribution in [3.63, 3.8) is 0 Å². The van der Waals surface area contributed by atoms with Crippen LogP contribution in [0.15, 0.2) is 24.3 Å². The van der Waals surface area contributed by atoms with Gasteiger partial charge in [0.05, 0.1) is 12.0 Å². The molecule has 0 fully saturated rings. The smallest absolute Gasteiger partial charge is 0.331 e. The second-order valence-electron chi connectivity index (χ2n) is 4.51. The lowest BCUT2D eigenvalue weighted by molar-refractivity contribution is -0.384. The van der Waals surface area contributed by atoms with E-state index in [9.17, 15) is 14.9 Å². The summed E-state index contributed by atoms with van der Waals surface area (Å²) in [6, 6.07) is 6.06. The van der Waals surface area contributed by atoms with Crippen LogP contribution in [0.25, 0.3) is 0 Å². The van der Waals surface area contributed by atoms with Crippen molar-refractivity contribution in [3.8, 4) is 0 Å². The molecular weight excluding hydrogens is 248 g/mol. The Labute approximate surface area is 111 Å². The molecule has 1 N–H and O–H groups in total. The summed E-state index contributed by atoms with van der Waals surface area (Å²) < 4.78 is 4.78. The third-order valence-electron chi connectivity index (χ3n) is 2.86. The van der Waals surface area contributed by atoms with E-state index < -0.39 is 10.5 Å². The molecule has 0 radical (unpaired) electrons. The molecule has 0 aliphatic heterocycles. The number of nitro benzene ring substituents is 1. The Balaban J connectivity index is 2.99. The summed E-state index contributed by atoms with van der Waals surface area (Å²) in [5.74, 6) is -0.388. The molecule has 0 aliphatic rings. The zero-order valence-electron chi connectivity index (χ0n) is 11.3. The van der Waals surface area contributed by atoms with E-state index >= 15 is 0 Å². The number of hydrogen-bond acceptors (Lipinski definition) is 5. The minimum Gasteiger partial charge on any atom is -0.467 e. The monoisotopic (exact) mass is 266 g/mol. The highest BCUT2D eigenvalue weighted by molar-refractivity contribution is 5.84. The minimum atomic E-state index is -0.890. The number of methoxy groups -OCH3 is 1. The molecule has 1 aromatic carbocycles. The Bertz CT molecular complexity index is 475. The lowest BCUT2D eigenvalue weighted by atomic mass is 9.95. The van der Waals surface area contributed by atoms with Gasteiger partial charge in [-0.3, -0.25) is 10.1 Å². The Morgan fingerprint density at radius 1 is 1.53 bits per heavy atom. The van der Waals surface area contributed by atoms with Crippen LogP contribution in [-0.2, 0) is 9.53 Å². The van der Waals surface area contributed by atoms with Crippen molar-refractivity contribution < 1.29 is 14.5 Å². The molecule has 6 heteroatoms. The number of ether oxygens (including phenoxy) is 1. The standard InChI is InChI=1S/C13H18N2O4/c1-4-8-13(2,12(16)19-3)14-10-6-5-7-11(9-10)15(17)18/h5-7,9,14H,4,8H2,1-3H3. The van der Waals surface area contributed by atoms with Crippen LogP contribution < -0.4 is 5.32 Å². The van der Waals surface area contributed by atoms with Crippen molar-refractivity contribution in [2.45, 2.75) is 32.2 Å². The number of nitrogens with zero attached hydrogens (tertiary/aromatic N) is 1. The number of nitrogens with one attached hydrogen (secondary N) is 1. The van der Waals surface area contributed by atoms with E-state index in [1.54, 1.807) is 19.1 Å². The quantitative estimate of drug-likeness (QED) is 0.486. The summed E-state index contributed by atoms with van der Waals surface area (Å²) in [6.45, 7) is 3.68. The molecule has 0 saturated heterocycles. The fourth-order valence-electron chi connectivity index (χ4n) is 1.96. The number of non-ortho nitro benzene ring substituents is 1. The Morgan fingerprint density at radius 2 is 2.21 bits per heavy atom. The van der Waals surface area contributed by atoms with E-state index in [-0.39, 0.29) is 11.7 Å². The third kappa shape index (κ3) is 3.67. The van der Waals surface area contributed by atoms with Gasteiger partial charge in [0.1, 0.15) is 5.54 Å². The Morgan fingerprint density at radius 3 is 2.74 bits per heavy atom. The largest absolute Gasteiger partial charge is 0.467 e. The van der Waals surface area contributed by atoms with Crippen molar-refractivity contribution in [2.24, 2.45) is 0 Å². The Kier molecular flexibility index (Phi) is 4.86. The molecule has 1 unspecified atom stereocenters. The first-order chi connectivity index (χ1) is 8.92. The van der Waals surface area contributed by atoms with Gasteiger partial charge in [0.25, 0.3) is 5.69 Å². The highest BCUT2D eigenvalue weighted by Gasteiger charge is 2.33. The molecule has 0 bridgehead atoms. The number of nitro groups is 1. The van der Waals surface area contributed by atoms with Crippen molar-refractivity contribution in [3.05, 3.63) is 34.4 Å². The number of carbonyl (C=O) groups excluding carboxylic acids is 1. The summed E-state index contributed by atoms with van der Waals surface area (Å²) in [7, 11) is 1.32. The van der Waals surface area contributed by atoms with Gasteiger partial charge in [-0.1, -0.05) is 19.4 Å². The van der Waals surface area contributed by atoms with Gasteiger partial charge in [0.15, 0.2) is 0 Å². The molecule has 0 heterocycles. The van der Waals surface area contributed by atoms with E-state index in [4.69, 9.17) is 4.74 Å². The van der Waals surface area contributed by atoms with Gasteiger partial charge in [-0.2, -0.15) is 0 Å². The van der Waals surface area contributed by atoms with Crippen LogP contribution in [-0.4, -0.2) is 23.5 Å². The van der Waals surface area contributed by atoms with Crippen molar-refractivity contribution in [2.75, 3.05) is 12.4 Å². The molecule has 104 valence electrons. The predicted octanol–water partition coefficient (Wildman–Crippen LogP) is 2.74. The second kappa shape index (κ2) is 6.17. The van der Waals surface area contributed by atoms with Crippen LogP contribution in [0.3, 0.4) is 0 Å². The van der Waals surface area contributed by atoms with E-state index in [1.807, 2.05) is 6.92 Å². The van der Waals surface area contributed by atoms with E-state index in [2.05, 4.69) is 5.32 Å². The number of carbonyl (C=O) groups is 1. The summed E-state index contributed by atoms with van der Waals surface area (Å²) in [5.41, 5.74) is -0.386. The Hall–Kier alpha value is -2.11. The lowest BCUT2D eigenvalue weighted by Crippen LogP contribution is -2.44. The second-order valence-corrected chi connectivity index (χ2v) is 4.51. The first kappa shape index (κ1) is 14.9. The van der Waals surface area contributed by atoms with Gasteiger partial charge in [0, 0.05) is 17.8 Å². The molecule has 0 saturated carbocycles. The molecule has 0 amide bonds. The normalized spacial score (nSPS) is 13.4. The molecule has 0 aliphatic carbocycles. The fourth-order valence-corrected chi connectivity index (χ4v) is 1.96. The minimum absolute atomic E-state index is 0.0197. The number of benzene rings is 1. The van der Waals surface area contributed by atoms with Crippen molar-refractivity contribution in [1.29, 1.82) is 0 Å². The summed E-state index contributed by atoms with van der Waals surface area (Å²) >= 11 is 0. The zero-order valence-corrected chi connectivity index (χ0v) is 11.3. The average molecular weight is 266 g/mol. The van der Waals surface area contributed by atoms with Gasteiger partial charge >= 0.3 is 5.97 Å². The van der Waals surface area contributed by atoms with Crippen LogP contribution in [0.2, 0.25) is 0 Å². The first-order valence-corrected chi connectivity index (χ1v) is 6.04. The molecule has 6 nitrogen and oxygen atoms in total. The van der Waals surface area contributed by atoms with Crippen LogP contribution >= 0.6 is 0 Å². The van der Waals surface area contributed by atoms with Crippen LogP contribution in [0, 0.1) is 10.1 Å². The predicted molar refractivity (Wildman–Crippen MR) is 72.0 cm³/mol. The summed E-state index contributed by atoms with van der Waals surface area (Å²) in [5, 5.41) is 13.7. The fraction of sp³-hybridized carbons (Fsp3) is 0.462. The topological polar surface area (TPSA) is 81.5 Å². The molecular formula is C13H18N2O4. The molecule has 0 spiro atoms. The van der Waals surface area contributed by atoms with Crippen LogP contribution in [0.4, 0.5) is 11.4 Å². The average Bonchev–Trinajstić information content (AvgIpc) is 2.38. The number of esters is 1. The zero-order chi connectivity index (χ0) is 14.5. The molecule has 1 rings (SSSR count). The van der Waals surface area contributed by atoms with Gasteiger partial charge in [0.2, 0.25) is 0 Å². The lowest BCUT2D eigenvalue weighted by Gasteiger charge is -2.28. The van der Waals surface area contributed by atoms with E-state index in [0.29, 0.717) is 12.1 Å². The summed E-state index contributed by atoms with van der Waals surface area (Å²) in [4.78, 5) is 22.1. The van der Waals surface area contributed by atoms with Crippen LogP contribution in [0.1, 0.15) is 26.7 Å². The number of anilines is 1. The van der Waals surface area contributed by atoms with Crippen molar-refractivity contribution >= 4 is 17.3 Å². The van der Waals surface area contributed by atoms with Crippen molar-refractivity contribution in [1.82, 2.24) is 0 Å². The third-order valence-corrected chi connectivity index (χ3v) is 2.86. The van der Waals surface area contributed by atoms with E-state index in [0.717, 1.165) is 6.42 Å². The molecule has 19 heavy (non-hydrogen) atoms. The molecule has 0 aromatic heterocycles. The van der Waals surface area contributed by atoms with Gasteiger partial charge in [-0.25, -0.2) is 4.79 Å². The highest BCUT2D eigenvalue weighted by atomic mass is 16.6. The van der Waals surface area contributed by atoms with Gasteiger partial charge < -0.3 is 10.1 Å². The van der Waals surface area contributed by atoms with Gasteiger partial charge in [-0.15, -0.1) is 0 Å². The first-order valence-electron chi connectivity index (χ1n) is 6.04. The SMILES string of the molecule is CCCC(C)(Nc1cccc([N+](=O)[O-])c1)C(=O)OC. The van der Waals surface area contributed by atoms with Crippen LogP contribution in [0.5, 0.6) is 0 Å². The van der Waals surface area contributed by atoms with E-state index in [1.165, 1.54) is 19.2 Å². The highest BCUT2D eigenvalue weighted by Crippen LogP contribution is 2.24. The maximum atomic E-state index is 11.8. The summed E-state index contributed by atoms with van der Waals surface area (Å²) in [6.07, 6.45) is 1.36. The maximum absolute atomic E-state index is 11.8. The molecule has 1 aromatic rings. The number of rotatable bonds is 6.